The van der Waals surface area contributed by atoms with E-state index in [4.69, 9.17) is 11.6 Å². The Labute approximate surface area is 110 Å². The number of hydrogen-bond donors (Lipinski definition) is 0. The third-order valence-electron chi connectivity index (χ3n) is 2.48. The van der Waals surface area contributed by atoms with E-state index in [0.29, 0.717) is 11.6 Å². The Bertz CT molecular complexity index is 455. The summed E-state index contributed by atoms with van der Waals surface area (Å²) < 4.78 is 12.1. The maximum Gasteiger partial charge on any atom is 0.153 e. The van der Waals surface area contributed by atoms with Crippen LogP contribution in [0.2, 0.25) is 0 Å². The Hall–Kier alpha value is -0.960. The molecular weight excluding hydrogens is 252 g/mol. The summed E-state index contributed by atoms with van der Waals surface area (Å²) >= 11 is 4.74. The largest absolute Gasteiger partial charge is 0.611 e. The summed E-state index contributed by atoms with van der Waals surface area (Å²) in [5, 5.41) is 0. The molecule has 2 rings (SSSR count). The van der Waals surface area contributed by atoms with Gasteiger partial charge in [0.1, 0.15) is 5.75 Å². The van der Waals surface area contributed by atoms with Crippen LogP contribution in [0.15, 0.2) is 59.5 Å². The molecule has 0 spiro atoms. The average Bonchev–Trinajstić information content (AvgIpc) is 2.40. The summed E-state index contributed by atoms with van der Waals surface area (Å²) in [6.07, 6.45) is 0. The van der Waals surface area contributed by atoms with Crippen molar-refractivity contribution in [2.24, 2.45) is 0 Å². The van der Waals surface area contributed by atoms with E-state index in [9.17, 15) is 4.55 Å². The Balaban J connectivity index is 2.05. The van der Waals surface area contributed by atoms with Crippen LogP contribution in [0, 0.1) is 0 Å². The van der Waals surface area contributed by atoms with Crippen LogP contribution in [-0.2, 0) is 22.8 Å². The summed E-state index contributed by atoms with van der Waals surface area (Å²) in [6.45, 7) is 0. The van der Waals surface area contributed by atoms with E-state index in [1.165, 1.54) is 0 Å². The Kier molecular flexibility index (Phi) is 4.49. The van der Waals surface area contributed by atoms with Crippen LogP contribution in [-0.4, -0.2) is 4.55 Å². The van der Waals surface area contributed by atoms with Crippen LogP contribution < -0.4 is 0 Å². The van der Waals surface area contributed by atoms with Crippen molar-refractivity contribution in [2.45, 2.75) is 16.5 Å². The van der Waals surface area contributed by atoms with E-state index in [1.807, 2.05) is 54.6 Å². The van der Waals surface area contributed by atoms with Gasteiger partial charge in [-0.1, -0.05) is 42.5 Å². The van der Waals surface area contributed by atoms with E-state index in [-0.39, 0.29) is 0 Å². The Morgan fingerprint density at radius 2 is 1.47 bits per heavy atom. The molecule has 0 fully saturated rings. The molecule has 0 saturated carbocycles. The van der Waals surface area contributed by atoms with Crippen LogP contribution >= 0.6 is 11.6 Å². The minimum absolute atomic E-state index is 0.516. The molecule has 0 N–H and O–H groups in total. The molecule has 0 aliphatic heterocycles. The molecule has 3 heteroatoms. The molecule has 0 amide bonds. The van der Waals surface area contributed by atoms with Gasteiger partial charge < -0.3 is 4.55 Å². The van der Waals surface area contributed by atoms with Crippen molar-refractivity contribution in [3.63, 3.8) is 0 Å². The van der Waals surface area contributed by atoms with Crippen molar-refractivity contribution in [2.75, 3.05) is 0 Å². The van der Waals surface area contributed by atoms with Crippen LogP contribution in [0.1, 0.15) is 11.1 Å². The van der Waals surface area contributed by atoms with Gasteiger partial charge in [0.2, 0.25) is 0 Å². The minimum Gasteiger partial charge on any atom is -0.611 e. The number of benzene rings is 2. The van der Waals surface area contributed by atoms with Crippen LogP contribution in [0.4, 0.5) is 0 Å². The van der Waals surface area contributed by atoms with Crippen LogP contribution in [0.5, 0.6) is 0 Å². The second-order valence-corrected chi connectivity index (χ2v) is 5.47. The normalized spacial score (nSPS) is 12.4. The fraction of sp³-hybridized carbons (Fsp3) is 0.143. The van der Waals surface area contributed by atoms with Crippen molar-refractivity contribution in [1.29, 1.82) is 0 Å². The highest BCUT2D eigenvalue weighted by Crippen LogP contribution is 2.16. The van der Waals surface area contributed by atoms with Gasteiger partial charge in [-0.05, 0) is 28.9 Å². The van der Waals surface area contributed by atoms with Crippen molar-refractivity contribution >= 4 is 22.8 Å². The molecule has 2 aromatic carbocycles. The van der Waals surface area contributed by atoms with E-state index in [2.05, 4.69) is 0 Å². The number of hydrogen-bond acceptors (Lipinski definition) is 1. The second kappa shape index (κ2) is 6.10. The lowest BCUT2D eigenvalue weighted by atomic mass is 10.2. The molecule has 0 saturated heterocycles. The number of rotatable bonds is 4. The van der Waals surface area contributed by atoms with E-state index < -0.39 is 11.2 Å². The zero-order chi connectivity index (χ0) is 12.1. The molecule has 1 atom stereocenters. The molecule has 0 aliphatic carbocycles. The van der Waals surface area contributed by atoms with Gasteiger partial charge in [0.05, 0.1) is 0 Å². The zero-order valence-corrected chi connectivity index (χ0v) is 10.9. The first-order valence-electron chi connectivity index (χ1n) is 5.37. The van der Waals surface area contributed by atoms with E-state index in [1.54, 1.807) is 0 Å². The highest BCUT2D eigenvalue weighted by Gasteiger charge is 2.10. The number of alkyl halides is 1. The molecule has 0 heterocycles. The SMILES string of the molecule is [O-][S+](Cc1ccc(CCl)cc1)c1ccccc1. The summed E-state index contributed by atoms with van der Waals surface area (Å²) in [7, 11) is 0. The lowest BCUT2D eigenvalue weighted by Gasteiger charge is -2.10. The van der Waals surface area contributed by atoms with E-state index in [0.717, 1.165) is 16.0 Å². The fourth-order valence-corrected chi connectivity index (χ4v) is 2.83. The van der Waals surface area contributed by atoms with Gasteiger partial charge in [-0.15, -0.1) is 11.6 Å². The second-order valence-electron chi connectivity index (χ2n) is 3.75. The van der Waals surface area contributed by atoms with Gasteiger partial charge in [-0.2, -0.15) is 0 Å². The predicted molar refractivity (Wildman–Crippen MR) is 72.6 cm³/mol. The lowest BCUT2D eigenvalue weighted by Crippen LogP contribution is -2.04. The molecule has 88 valence electrons. The van der Waals surface area contributed by atoms with Crippen molar-refractivity contribution in [3.8, 4) is 0 Å². The lowest BCUT2D eigenvalue weighted by molar-refractivity contribution is 0.594. The third kappa shape index (κ3) is 3.50. The van der Waals surface area contributed by atoms with Gasteiger partial charge in [0.15, 0.2) is 4.90 Å². The summed E-state index contributed by atoms with van der Waals surface area (Å²) in [5.74, 6) is 1.06. The zero-order valence-electron chi connectivity index (χ0n) is 9.30. The first-order valence-corrected chi connectivity index (χ1v) is 7.22. The molecule has 0 aromatic heterocycles. The average molecular weight is 265 g/mol. The topological polar surface area (TPSA) is 23.1 Å². The van der Waals surface area contributed by atoms with Crippen molar-refractivity contribution in [3.05, 3.63) is 65.7 Å². The maximum absolute atomic E-state index is 12.1. The molecule has 2 aromatic rings. The molecule has 0 bridgehead atoms. The molecule has 17 heavy (non-hydrogen) atoms. The maximum atomic E-state index is 12.1. The third-order valence-corrected chi connectivity index (χ3v) is 4.18. The molecular formula is C14H13ClOS. The summed E-state index contributed by atoms with van der Waals surface area (Å²) in [5.41, 5.74) is 2.15. The van der Waals surface area contributed by atoms with Crippen LogP contribution in [0.25, 0.3) is 0 Å². The Morgan fingerprint density at radius 3 is 2.06 bits per heavy atom. The first-order chi connectivity index (χ1) is 8.29. The van der Waals surface area contributed by atoms with Gasteiger partial charge in [-0.25, -0.2) is 0 Å². The highest BCUT2D eigenvalue weighted by molar-refractivity contribution is 7.90. The van der Waals surface area contributed by atoms with Crippen molar-refractivity contribution in [1.82, 2.24) is 0 Å². The Morgan fingerprint density at radius 1 is 0.882 bits per heavy atom. The predicted octanol–water partition coefficient (Wildman–Crippen LogP) is 3.73. The highest BCUT2D eigenvalue weighted by atomic mass is 35.5. The molecule has 0 radical (unpaired) electrons. The van der Waals surface area contributed by atoms with E-state index >= 15 is 0 Å². The molecule has 1 unspecified atom stereocenters. The smallest absolute Gasteiger partial charge is 0.153 e. The summed E-state index contributed by atoms with van der Waals surface area (Å²) in [4.78, 5) is 0.869. The minimum atomic E-state index is -0.976. The quantitative estimate of drug-likeness (QED) is 0.610. The fourth-order valence-electron chi connectivity index (χ4n) is 1.53. The van der Waals surface area contributed by atoms with Gasteiger partial charge in [-0.3, -0.25) is 0 Å². The monoisotopic (exact) mass is 264 g/mol. The van der Waals surface area contributed by atoms with Gasteiger partial charge in [0, 0.05) is 11.4 Å². The summed E-state index contributed by atoms with van der Waals surface area (Å²) in [6, 6.07) is 17.4. The van der Waals surface area contributed by atoms with Gasteiger partial charge >= 0.3 is 0 Å². The molecule has 1 nitrogen and oxygen atoms in total. The number of halogens is 1. The standard InChI is InChI=1S/C14H13ClOS/c15-10-12-6-8-13(9-7-12)11-17(16)14-4-2-1-3-5-14/h1-9H,10-11H2. The van der Waals surface area contributed by atoms with Crippen molar-refractivity contribution < 1.29 is 4.55 Å². The van der Waals surface area contributed by atoms with Crippen LogP contribution in [0.3, 0.4) is 0 Å². The van der Waals surface area contributed by atoms with Gasteiger partial charge in [0.25, 0.3) is 0 Å². The first kappa shape index (κ1) is 12.5. The molecule has 0 aliphatic rings.